The van der Waals surface area contributed by atoms with Crippen molar-refractivity contribution in [2.75, 3.05) is 6.54 Å². The molecule has 4 nitrogen and oxygen atoms in total. The van der Waals surface area contributed by atoms with E-state index in [2.05, 4.69) is 0 Å². The average molecular weight is 235 g/mol. The number of nitrogens with zero attached hydrogens (tertiary/aromatic N) is 1. The third-order valence-corrected chi connectivity index (χ3v) is 2.67. The smallest absolute Gasteiger partial charge is 0.407 e. The average Bonchev–Trinajstić information content (AvgIpc) is 2.06. The second kappa shape index (κ2) is 3.68. The molecule has 1 unspecified atom stereocenters. The van der Waals surface area contributed by atoms with E-state index in [1.165, 1.54) is 20.8 Å². The van der Waals surface area contributed by atoms with Crippen molar-refractivity contribution < 1.29 is 23.5 Å². The first-order valence-electron chi connectivity index (χ1n) is 4.99. The Morgan fingerprint density at radius 2 is 2.00 bits per heavy atom. The fourth-order valence-electron chi connectivity index (χ4n) is 2.08. The summed E-state index contributed by atoms with van der Waals surface area (Å²) >= 11 is 0. The molecule has 1 saturated heterocycles. The van der Waals surface area contributed by atoms with Crippen molar-refractivity contribution >= 4 is 11.9 Å². The number of carboxylic acid groups (broad SMARTS) is 1. The Morgan fingerprint density at radius 1 is 1.50 bits per heavy atom. The van der Waals surface area contributed by atoms with E-state index < -0.39 is 35.7 Å². The van der Waals surface area contributed by atoms with Gasteiger partial charge in [-0.15, -0.1) is 0 Å². The van der Waals surface area contributed by atoms with Crippen LogP contribution in [0.3, 0.4) is 0 Å². The molecule has 1 rings (SSSR count). The number of piperidine rings is 1. The lowest BCUT2D eigenvalue weighted by Crippen LogP contribution is -2.63. The maximum Gasteiger partial charge on any atom is 0.407 e. The minimum Gasteiger partial charge on any atom is -0.465 e. The predicted molar refractivity (Wildman–Crippen MR) is 52.5 cm³/mol. The first kappa shape index (κ1) is 12.9. The van der Waals surface area contributed by atoms with Gasteiger partial charge in [0.15, 0.2) is 0 Å². The number of carbonyl (C=O) groups excluding carboxylic acids is 1. The summed E-state index contributed by atoms with van der Waals surface area (Å²) in [6.45, 7) is 4.34. The lowest BCUT2D eigenvalue weighted by Gasteiger charge is -2.45. The Balaban J connectivity index is 3.17. The SMILES string of the molecule is CC(C)(C)C1N(C(=O)O)CCC(=O)C1(F)F. The molecule has 0 spiro atoms. The van der Waals surface area contributed by atoms with Gasteiger partial charge in [-0.25, -0.2) is 4.79 Å². The van der Waals surface area contributed by atoms with Crippen LogP contribution in [0.25, 0.3) is 0 Å². The topological polar surface area (TPSA) is 57.6 Å². The number of hydrogen-bond acceptors (Lipinski definition) is 2. The highest BCUT2D eigenvalue weighted by Crippen LogP contribution is 2.40. The number of carbonyl (C=O) groups is 2. The van der Waals surface area contributed by atoms with E-state index in [1.807, 2.05) is 0 Å². The molecule has 0 aliphatic carbocycles. The van der Waals surface area contributed by atoms with Gasteiger partial charge in [-0.1, -0.05) is 20.8 Å². The summed E-state index contributed by atoms with van der Waals surface area (Å²) in [5.74, 6) is -4.78. The lowest BCUT2D eigenvalue weighted by molar-refractivity contribution is -0.169. The maximum absolute atomic E-state index is 13.7. The molecule has 0 aromatic carbocycles. The molecule has 0 aromatic heterocycles. The molecule has 92 valence electrons. The summed E-state index contributed by atoms with van der Waals surface area (Å²) < 4.78 is 27.4. The molecule has 0 bridgehead atoms. The van der Waals surface area contributed by atoms with Crippen LogP contribution >= 0.6 is 0 Å². The van der Waals surface area contributed by atoms with E-state index in [0.717, 1.165) is 0 Å². The molecule has 1 atom stereocenters. The second-order valence-electron chi connectivity index (χ2n) is 5.04. The quantitative estimate of drug-likeness (QED) is 0.698. The third kappa shape index (κ3) is 2.01. The van der Waals surface area contributed by atoms with Crippen molar-refractivity contribution in [3.05, 3.63) is 0 Å². The van der Waals surface area contributed by atoms with E-state index in [9.17, 15) is 18.4 Å². The Morgan fingerprint density at radius 3 is 2.38 bits per heavy atom. The molecular formula is C10H15F2NO3. The minimum atomic E-state index is -3.60. The number of hydrogen-bond donors (Lipinski definition) is 1. The van der Waals surface area contributed by atoms with Gasteiger partial charge < -0.3 is 5.11 Å². The van der Waals surface area contributed by atoms with Gasteiger partial charge in [0.2, 0.25) is 5.78 Å². The maximum atomic E-state index is 13.7. The summed E-state index contributed by atoms with van der Waals surface area (Å²) in [4.78, 5) is 22.7. The Hall–Kier alpha value is -1.20. The molecule has 1 amide bonds. The van der Waals surface area contributed by atoms with Crippen LogP contribution in [0, 0.1) is 5.41 Å². The van der Waals surface area contributed by atoms with Gasteiger partial charge in [0.1, 0.15) is 6.04 Å². The van der Waals surface area contributed by atoms with E-state index in [-0.39, 0.29) is 6.54 Å². The summed E-state index contributed by atoms with van der Waals surface area (Å²) in [6, 6.07) is -1.60. The monoisotopic (exact) mass is 235 g/mol. The normalized spacial score (nSPS) is 25.7. The number of alkyl halides is 2. The molecule has 16 heavy (non-hydrogen) atoms. The van der Waals surface area contributed by atoms with Crippen molar-refractivity contribution in [3.8, 4) is 0 Å². The van der Waals surface area contributed by atoms with Gasteiger partial charge in [0, 0.05) is 13.0 Å². The molecular weight excluding hydrogens is 220 g/mol. The summed E-state index contributed by atoms with van der Waals surface area (Å²) in [5.41, 5.74) is -0.988. The molecule has 1 aliphatic rings. The highest BCUT2D eigenvalue weighted by Gasteiger charge is 2.58. The zero-order valence-corrected chi connectivity index (χ0v) is 9.46. The van der Waals surface area contributed by atoms with Crippen LogP contribution < -0.4 is 0 Å². The van der Waals surface area contributed by atoms with Crippen LogP contribution in [0.5, 0.6) is 0 Å². The number of likely N-dealkylation sites (tertiary alicyclic amines) is 1. The van der Waals surface area contributed by atoms with Crippen LogP contribution in [0.15, 0.2) is 0 Å². The molecule has 0 aromatic rings. The zero-order valence-electron chi connectivity index (χ0n) is 9.46. The van der Waals surface area contributed by atoms with Gasteiger partial charge in [0.05, 0.1) is 0 Å². The molecule has 1 aliphatic heterocycles. The minimum absolute atomic E-state index is 0.161. The van der Waals surface area contributed by atoms with Crippen molar-refractivity contribution in [3.63, 3.8) is 0 Å². The first-order valence-corrected chi connectivity index (χ1v) is 4.99. The number of amides is 1. The zero-order chi connectivity index (χ0) is 12.7. The highest BCUT2D eigenvalue weighted by molar-refractivity contribution is 5.89. The van der Waals surface area contributed by atoms with Crippen LogP contribution in [-0.4, -0.2) is 40.4 Å². The van der Waals surface area contributed by atoms with Crippen molar-refractivity contribution in [1.82, 2.24) is 4.90 Å². The molecule has 0 saturated carbocycles. The fourth-order valence-corrected chi connectivity index (χ4v) is 2.08. The van der Waals surface area contributed by atoms with Crippen LogP contribution in [0.2, 0.25) is 0 Å². The fraction of sp³-hybridized carbons (Fsp3) is 0.800. The van der Waals surface area contributed by atoms with Gasteiger partial charge >= 0.3 is 12.0 Å². The molecule has 1 heterocycles. The number of halogens is 2. The van der Waals surface area contributed by atoms with Crippen molar-refractivity contribution in [1.29, 1.82) is 0 Å². The number of rotatable bonds is 0. The molecule has 1 N–H and O–H groups in total. The van der Waals surface area contributed by atoms with Crippen LogP contribution in [0.4, 0.5) is 13.6 Å². The van der Waals surface area contributed by atoms with E-state index in [0.29, 0.717) is 4.90 Å². The van der Waals surface area contributed by atoms with E-state index in [1.54, 1.807) is 0 Å². The predicted octanol–water partition coefficient (Wildman–Crippen LogP) is 1.99. The van der Waals surface area contributed by atoms with Crippen molar-refractivity contribution in [2.24, 2.45) is 5.41 Å². The standard InChI is InChI=1S/C10H15F2NO3/c1-9(2,3)7-10(11,12)6(14)4-5-13(7)8(15)16/h7H,4-5H2,1-3H3,(H,15,16). The summed E-state index contributed by atoms with van der Waals surface area (Å²) in [5, 5.41) is 8.87. The first-order chi connectivity index (χ1) is 7.08. The lowest BCUT2D eigenvalue weighted by atomic mass is 9.78. The van der Waals surface area contributed by atoms with Crippen molar-refractivity contribution in [2.45, 2.75) is 39.2 Å². The summed E-state index contributed by atoms with van der Waals surface area (Å²) in [7, 11) is 0. The molecule has 1 fully saturated rings. The van der Waals surface area contributed by atoms with Gasteiger partial charge in [0.25, 0.3) is 0 Å². The van der Waals surface area contributed by atoms with E-state index in [4.69, 9.17) is 5.11 Å². The van der Waals surface area contributed by atoms with Crippen LogP contribution in [-0.2, 0) is 4.79 Å². The van der Waals surface area contributed by atoms with Crippen LogP contribution in [0.1, 0.15) is 27.2 Å². The second-order valence-corrected chi connectivity index (χ2v) is 5.04. The third-order valence-electron chi connectivity index (χ3n) is 2.67. The van der Waals surface area contributed by atoms with Gasteiger partial charge in [-0.3, -0.25) is 9.69 Å². The largest absolute Gasteiger partial charge is 0.465 e. The summed E-state index contributed by atoms with van der Waals surface area (Å²) in [6.07, 6.45) is -1.83. The number of Topliss-reactive ketones (excluding diaryl/α,β-unsaturated/α-hetero) is 1. The molecule has 0 radical (unpaired) electrons. The Labute approximate surface area is 92.2 Å². The highest BCUT2D eigenvalue weighted by atomic mass is 19.3. The van der Waals surface area contributed by atoms with Gasteiger partial charge in [-0.05, 0) is 5.41 Å². The molecule has 6 heteroatoms. The number of ketones is 1. The Bertz CT molecular complexity index is 323. The van der Waals surface area contributed by atoms with Gasteiger partial charge in [-0.2, -0.15) is 8.78 Å². The van der Waals surface area contributed by atoms with E-state index >= 15 is 0 Å². The Kier molecular flexibility index (Phi) is 2.96.